The number of halogens is 3. The minimum atomic E-state index is -4.87. The van der Waals surface area contributed by atoms with E-state index in [-0.39, 0.29) is 19.6 Å². The monoisotopic (exact) mass is 628 g/mol. The Bertz CT molecular complexity index is 1390. The van der Waals surface area contributed by atoms with E-state index in [1.54, 1.807) is 91.0 Å². The molecule has 0 aromatic heterocycles. The number of benzene rings is 3. The molecule has 0 bridgehead atoms. The highest BCUT2D eigenvalue weighted by molar-refractivity contribution is 5.91. The van der Waals surface area contributed by atoms with Gasteiger partial charge < -0.3 is 31.1 Å². The van der Waals surface area contributed by atoms with Crippen molar-refractivity contribution in [2.45, 2.75) is 63.3 Å². The predicted molar refractivity (Wildman–Crippen MR) is 158 cm³/mol. The number of aliphatic hydroxyl groups excluding tert-OH is 1. The third-order valence-corrected chi connectivity index (χ3v) is 6.59. The van der Waals surface area contributed by atoms with Crippen LogP contribution in [0, 0.1) is 0 Å². The zero-order valence-corrected chi connectivity index (χ0v) is 24.4. The fourth-order valence-corrected chi connectivity index (χ4v) is 4.21. The number of rotatable bonds is 14. The number of ether oxygens (including phenoxy) is 1. The van der Waals surface area contributed by atoms with Crippen LogP contribution in [0.15, 0.2) is 91.0 Å². The van der Waals surface area contributed by atoms with Crippen LogP contribution in [0.25, 0.3) is 0 Å². The van der Waals surface area contributed by atoms with E-state index in [0.29, 0.717) is 11.1 Å². The van der Waals surface area contributed by atoms with Crippen LogP contribution in [-0.2, 0) is 38.7 Å². The lowest BCUT2D eigenvalue weighted by Crippen LogP contribution is -2.58. The van der Waals surface area contributed by atoms with E-state index in [9.17, 15) is 37.5 Å². The molecule has 0 saturated heterocycles. The van der Waals surface area contributed by atoms with Crippen LogP contribution in [-0.4, -0.2) is 59.3 Å². The van der Waals surface area contributed by atoms with Crippen molar-refractivity contribution in [1.29, 1.82) is 0 Å². The third-order valence-electron chi connectivity index (χ3n) is 6.59. The number of amides is 4. The summed E-state index contributed by atoms with van der Waals surface area (Å²) in [6, 6.07) is 21.0. The molecular weight excluding hydrogens is 593 g/mol. The summed E-state index contributed by atoms with van der Waals surface area (Å²) in [5.41, 5.74) is 2.00. The minimum Gasteiger partial charge on any atom is -0.445 e. The molecule has 0 aliphatic carbocycles. The van der Waals surface area contributed by atoms with Crippen LogP contribution in [0.2, 0.25) is 0 Å². The second kappa shape index (κ2) is 16.8. The number of nitrogens with one attached hydrogen (secondary N) is 4. The Morgan fingerprint density at radius 1 is 0.733 bits per heavy atom. The average molecular weight is 629 g/mol. The predicted octanol–water partition coefficient (Wildman–Crippen LogP) is 3.14. The van der Waals surface area contributed by atoms with Crippen LogP contribution >= 0.6 is 0 Å². The van der Waals surface area contributed by atoms with Gasteiger partial charge in [-0.25, -0.2) is 4.79 Å². The standard InChI is InChI=1S/C32H35F3N4O6/c1-21(37-31(44)45-20-24-15-9-4-10-16-24)28(41)39-26(18-32(33,34)35)29(42)38-25(17-22-11-5-2-6-12-22)27(40)30(43)36-19-23-13-7-3-8-14-23/h2-16,21,25-27,40H,17-20H2,1H3,(H,36,43)(H,37,44)(H,38,42)(H,39,41)/t21-,25?,26?,27-/m0/s1. The lowest BCUT2D eigenvalue weighted by molar-refractivity contribution is -0.152. The summed E-state index contributed by atoms with van der Waals surface area (Å²) < 4.78 is 45.5. The van der Waals surface area contributed by atoms with E-state index in [1.807, 2.05) is 5.32 Å². The molecule has 0 aliphatic heterocycles. The molecule has 4 atom stereocenters. The number of alkyl halides is 3. The third kappa shape index (κ3) is 12.3. The minimum absolute atomic E-state index is 0.0637. The maximum atomic E-state index is 13.5. The first-order valence-electron chi connectivity index (χ1n) is 14.1. The van der Waals surface area contributed by atoms with Gasteiger partial charge >= 0.3 is 12.3 Å². The van der Waals surface area contributed by atoms with Crippen molar-refractivity contribution < 1.29 is 42.2 Å². The Labute approximate surface area is 258 Å². The Balaban J connectivity index is 1.68. The highest BCUT2D eigenvalue weighted by Crippen LogP contribution is 2.22. The van der Waals surface area contributed by atoms with Gasteiger partial charge in [-0.15, -0.1) is 0 Å². The van der Waals surface area contributed by atoms with Crippen molar-refractivity contribution in [1.82, 2.24) is 21.3 Å². The van der Waals surface area contributed by atoms with Crippen LogP contribution in [0.1, 0.15) is 30.0 Å². The lowest BCUT2D eigenvalue weighted by Gasteiger charge is -2.27. The van der Waals surface area contributed by atoms with Crippen molar-refractivity contribution in [3.05, 3.63) is 108 Å². The molecule has 45 heavy (non-hydrogen) atoms. The average Bonchev–Trinajstić information content (AvgIpc) is 3.02. The summed E-state index contributed by atoms with van der Waals surface area (Å²) in [5, 5.41) is 20.0. The maximum Gasteiger partial charge on any atom is 0.408 e. The second-order valence-corrected chi connectivity index (χ2v) is 10.3. The van der Waals surface area contributed by atoms with Gasteiger partial charge in [-0.2, -0.15) is 13.2 Å². The highest BCUT2D eigenvalue weighted by atomic mass is 19.4. The quantitative estimate of drug-likeness (QED) is 0.186. The van der Waals surface area contributed by atoms with Crippen molar-refractivity contribution in [2.75, 3.05) is 0 Å². The Hall–Kier alpha value is -4.91. The van der Waals surface area contributed by atoms with Gasteiger partial charge in [0.25, 0.3) is 5.91 Å². The SMILES string of the molecule is C[C@H](NC(=O)OCc1ccccc1)C(=O)NC(CC(F)(F)F)C(=O)NC(Cc1ccccc1)[C@H](O)C(=O)NCc1ccccc1. The number of hydrogen-bond acceptors (Lipinski definition) is 6. The number of aliphatic hydroxyl groups is 1. The molecule has 5 N–H and O–H groups in total. The van der Waals surface area contributed by atoms with Crippen LogP contribution < -0.4 is 21.3 Å². The normalized spacial score (nSPS) is 13.8. The molecule has 0 spiro atoms. The van der Waals surface area contributed by atoms with Gasteiger partial charge in [0.1, 0.15) is 18.7 Å². The first-order valence-corrected chi connectivity index (χ1v) is 14.1. The van der Waals surface area contributed by atoms with Crippen LogP contribution in [0.5, 0.6) is 0 Å². The molecule has 3 rings (SSSR count). The topological polar surface area (TPSA) is 146 Å². The molecule has 10 nitrogen and oxygen atoms in total. The summed E-state index contributed by atoms with van der Waals surface area (Å²) in [5.74, 6) is -3.23. The molecule has 3 aromatic carbocycles. The molecule has 240 valence electrons. The molecular formula is C32H35F3N4O6. The number of carbonyl (C=O) groups is 4. The van der Waals surface area contributed by atoms with E-state index in [1.165, 1.54) is 6.92 Å². The Morgan fingerprint density at radius 3 is 1.82 bits per heavy atom. The molecule has 0 saturated carbocycles. The first-order chi connectivity index (χ1) is 21.4. The van der Waals surface area contributed by atoms with Gasteiger partial charge in [0.15, 0.2) is 6.10 Å². The Kier molecular flexibility index (Phi) is 12.9. The van der Waals surface area contributed by atoms with E-state index in [2.05, 4.69) is 16.0 Å². The van der Waals surface area contributed by atoms with Gasteiger partial charge in [0.05, 0.1) is 12.5 Å². The van der Waals surface area contributed by atoms with Crippen molar-refractivity contribution in [3.8, 4) is 0 Å². The summed E-state index contributed by atoms with van der Waals surface area (Å²) in [7, 11) is 0. The van der Waals surface area contributed by atoms with Gasteiger partial charge in [0.2, 0.25) is 11.8 Å². The van der Waals surface area contributed by atoms with Gasteiger partial charge in [-0.3, -0.25) is 14.4 Å². The summed E-state index contributed by atoms with van der Waals surface area (Å²) in [6.45, 7) is 1.17. The summed E-state index contributed by atoms with van der Waals surface area (Å²) >= 11 is 0. The van der Waals surface area contributed by atoms with E-state index in [0.717, 1.165) is 5.56 Å². The molecule has 4 amide bonds. The van der Waals surface area contributed by atoms with Gasteiger partial charge in [0, 0.05) is 6.54 Å². The van der Waals surface area contributed by atoms with E-state index in [4.69, 9.17) is 4.74 Å². The van der Waals surface area contributed by atoms with Gasteiger partial charge in [-0.05, 0) is 30.0 Å². The number of hydrogen-bond donors (Lipinski definition) is 5. The summed E-state index contributed by atoms with van der Waals surface area (Å²) in [6.07, 6.45) is -9.57. The van der Waals surface area contributed by atoms with Gasteiger partial charge in [-0.1, -0.05) is 91.0 Å². The molecule has 0 heterocycles. The Morgan fingerprint density at radius 2 is 1.27 bits per heavy atom. The van der Waals surface area contributed by atoms with E-state index < -0.39 is 60.6 Å². The van der Waals surface area contributed by atoms with Crippen molar-refractivity contribution >= 4 is 23.8 Å². The first kappa shape index (κ1) is 34.6. The zero-order valence-electron chi connectivity index (χ0n) is 24.4. The molecule has 0 radical (unpaired) electrons. The molecule has 0 fully saturated rings. The molecule has 2 unspecified atom stereocenters. The molecule has 0 aliphatic rings. The molecule has 13 heteroatoms. The zero-order chi connectivity index (χ0) is 32.8. The summed E-state index contributed by atoms with van der Waals surface area (Å²) in [4.78, 5) is 50.9. The largest absolute Gasteiger partial charge is 0.445 e. The maximum absolute atomic E-state index is 13.5. The lowest BCUT2D eigenvalue weighted by atomic mass is 9.99. The van der Waals surface area contributed by atoms with Crippen LogP contribution in [0.3, 0.4) is 0 Å². The van der Waals surface area contributed by atoms with Crippen LogP contribution in [0.4, 0.5) is 18.0 Å². The number of carbonyl (C=O) groups excluding carboxylic acids is 4. The second-order valence-electron chi connectivity index (χ2n) is 10.3. The fraction of sp³-hybridized carbons (Fsp3) is 0.312. The fourth-order valence-electron chi connectivity index (χ4n) is 4.21. The van der Waals surface area contributed by atoms with E-state index >= 15 is 0 Å². The highest BCUT2D eigenvalue weighted by Gasteiger charge is 2.39. The smallest absolute Gasteiger partial charge is 0.408 e. The van der Waals surface area contributed by atoms with Crippen molar-refractivity contribution in [2.24, 2.45) is 0 Å². The number of alkyl carbamates (subject to hydrolysis) is 1. The molecule has 3 aromatic rings. The van der Waals surface area contributed by atoms with Crippen molar-refractivity contribution in [3.63, 3.8) is 0 Å².